The maximum Gasteiger partial charge on any atom is 0.334 e. The van der Waals surface area contributed by atoms with Gasteiger partial charge in [0.1, 0.15) is 6.10 Å². The van der Waals surface area contributed by atoms with Crippen molar-refractivity contribution < 1.29 is 9.53 Å². The van der Waals surface area contributed by atoms with E-state index in [-0.39, 0.29) is 12.1 Å². The Morgan fingerprint density at radius 2 is 2.23 bits per heavy atom. The third kappa shape index (κ3) is 2.44. The lowest BCUT2D eigenvalue weighted by Crippen LogP contribution is -2.24. The number of cyclic esters (lactones) is 1. The smallest absolute Gasteiger partial charge is 0.334 e. The van der Waals surface area contributed by atoms with Gasteiger partial charge in [0.15, 0.2) is 0 Å². The summed E-state index contributed by atoms with van der Waals surface area (Å²) in [5.41, 5.74) is 1.92. The zero-order valence-electron chi connectivity index (χ0n) is 8.46. The maximum absolute atomic E-state index is 11.4. The van der Waals surface area contributed by atoms with E-state index in [0.29, 0.717) is 0 Å². The Morgan fingerprint density at radius 1 is 1.54 bits per heavy atom. The molecule has 1 aliphatic rings. The van der Waals surface area contributed by atoms with Gasteiger partial charge in [-0.1, -0.05) is 11.6 Å². The van der Waals surface area contributed by atoms with Crippen LogP contribution < -0.4 is 0 Å². The van der Waals surface area contributed by atoms with E-state index in [4.69, 9.17) is 4.74 Å². The predicted octanol–water partition coefficient (Wildman–Crippen LogP) is 2.60. The summed E-state index contributed by atoms with van der Waals surface area (Å²) < 4.78 is 5.22. The lowest BCUT2D eigenvalue weighted by Gasteiger charge is -2.22. The van der Waals surface area contributed by atoms with Crippen molar-refractivity contribution in [2.45, 2.75) is 39.7 Å². The van der Waals surface area contributed by atoms with Gasteiger partial charge in [0, 0.05) is 5.57 Å². The van der Waals surface area contributed by atoms with Gasteiger partial charge in [0.25, 0.3) is 0 Å². The number of allylic oxidation sites excluding steroid dienone is 2. The standard InChI is InChI=1S/C11H16O2/c1-4-5-9-6-7-10(8(2)3)11(12)13-9/h4-5,9H,6-7H2,1-3H3/b5-4+. The van der Waals surface area contributed by atoms with Crippen LogP contribution in [0.25, 0.3) is 0 Å². The first-order chi connectivity index (χ1) is 6.15. The lowest BCUT2D eigenvalue weighted by atomic mass is 10.00. The molecule has 1 fully saturated rings. The van der Waals surface area contributed by atoms with Crippen LogP contribution in [-0.2, 0) is 9.53 Å². The van der Waals surface area contributed by atoms with Crippen molar-refractivity contribution in [3.05, 3.63) is 23.3 Å². The van der Waals surface area contributed by atoms with Crippen molar-refractivity contribution in [1.29, 1.82) is 0 Å². The summed E-state index contributed by atoms with van der Waals surface area (Å²) in [4.78, 5) is 11.4. The molecule has 13 heavy (non-hydrogen) atoms. The van der Waals surface area contributed by atoms with Crippen LogP contribution >= 0.6 is 0 Å². The molecule has 1 aliphatic heterocycles. The van der Waals surface area contributed by atoms with E-state index in [9.17, 15) is 4.79 Å². The van der Waals surface area contributed by atoms with E-state index in [1.807, 2.05) is 32.9 Å². The number of carbonyl (C=O) groups is 1. The molecule has 0 aromatic rings. The molecule has 1 unspecified atom stereocenters. The summed E-state index contributed by atoms with van der Waals surface area (Å²) >= 11 is 0. The van der Waals surface area contributed by atoms with Crippen LogP contribution in [0.15, 0.2) is 23.3 Å². The summed E-state index contributed by atoms with van der Waals surface area (Å²) in [6.45, 7) is 5.84. The average Bonchev–Trinajstić information content (AvgIpc) is 2.04. The van der Waals surface area contributed by atoms with Crippen molar-refractivity contribution in [3.8, 4) is 0 Å². The van der Waals surface area contributed by atoms with E-state index in [0.717, 1.165) is 24.0 Å². The van der Waals surface area contributed by atoms with Gasteiger partial charge in [0.2, 0.25) is 0 Å². The van der Waals surface area contributed by atoms with Crippen molar-refractivity contribution in [1.82, 2.24) is 0 Å². The summed E-state index contributed by atoms with van der Waals surface area (Å²) in [6.07, 6.45) is 5.60. The van der Waals surface area contributed by atoms with Gasteiger partial charge in [-0.2, -0.15) is 0 Å². The van der Waals surface area contributed by atoms with Crippen LogP contribution in [-0.4, -0.2) is 12.1 Å². The van der Waals surface area contributed by atoms with Crippen molar-refractivity contribution in [2.24, 2.45) is 0 Å². The summed E-state index contributed by atoms with van der Waals surface area (Å²) in [5.74, 6) is -0.144. The molecule has 72 valence electrons. The van der Waals surface area contributed by atoms with Crippen LogP contribution in [0.5, 0.6) is 0 Å². The number of hydrogen-bond donors (Lipinski definition) is 0. The normalized spacial score (nSPS) is 23.5. The fraction of sp³-hybridized carbons (Fsp3) is 0.545. The molecule has 0 spiro atoms. The average molecular weight is 180 g/mol. The highest BCUT2D eigenvalue weighted by Gasteiger charge is 2.23. The van der Waals surface area contributed by atoms with Crippen LogP contribution in [0.4, 0.5) is 0 Å². The first kappa shape index (κ1) is 10.0. The Hall–Kier alpha value is -1.05. The van der Waals surface area contributed by atoms with E-state index in [1.165, 1.54) is 0 Å². The molecule has 0 aliphatic carbocycles. The van der Waals surface area contributed by atoms with E-state index in [2.05, 4.69) is 0 Å². The molecule has 0 radical (unpaired) electrons. The SMILES string of the molecule is C/C=C/C1CCC(=C(C)C)C(=O)O1. The van der Waals surface area contributed by atoms with Gasteiger partial charge in [-0.25, -0.2) is 4.79 Å². The Morgan fingerprint density at radius 3 is 2.69 bits per heavy atom. The van der Waals surface area contributed by atoms with Crippen molar-refractivity contribution >= 4 is 5.97 Å². The Balaban J connectivity index is 2.68. The number of rotatable bonds is 1. The highest BCUT2D eigenvalue weighted by molar-refractivity contribution is 5.90. The largest absolute Gasteiger partial charge is 0.455 e. The van der Waals surface area contributed by atoms with Gasteiger partial charge >= 0.3 is 5.97 Å². The quantitative estimate of drug-likeness (QED) is 0.352. The number of esters is 1. The topological polar surface area (TPSA) is 26.3 Å². The van der Waals surface area contributed by atoms with Crippen LogP contribution in [0.1, 0.15) is 33.6 Å². The highest BCUT2D eigenvalue weighted by Crippen LogP contribution is 2.22. The molecule has 0 saturated carbocycles. The van der Waals surface area contributed by atoms with Gasteiger partial charge in [-0.15, -0.1) is 0 Å². The van der Waals surface area contributed by atoms with E-state index >= 15 is 0 Å². The molecule has 0 amide bonds. The molecule has 2 heteroatoms. The van der Waals surface area contributed by atoms with Crippen molar-refractivity contribution in [2.75, 3.05) is 0 Å². The number of hydrogen-bond acceptors (Lipinski definition) is 2. The third-order valence-electron chi connectivity index (χ3n) is 2.19. The first-order valence-electron chi connectivity index (χ1n) is 4.65. The summed E-state index contributed by atoms with van der Waals surface area (Å²) in [7, 11) is 0. The Kier molecular flexibility index (Phi) is 3.29. The maximum atomic E-state index is 11.4. The molecule has 2 nitrogen and oxygen atoms in total. The fourth-order valence-corrected chi connectivity index (χ4v) is 1.46. The molecular weight excluding hydrogens is 164 g/mol. The van der Waals surface area contributed by atoms with Crippen LogP contribution in [0.2, 0.25) is 0 Å². The molecule has 1 rings (SSSR count). The molecule has 1 heterocycles. The van der Waals surface area contributed by atoms with Gasteiger partial charge in [0.05, 0.1) is 0 Å². The Labute approximate surface area is 79.3 Å². The van der Waals surface area contributed by atoms with Crippen LogP contribution in [0.3, 0.4) is 0 Å². The summed E-state index contributed by atoms with van der Waals surface area (Å²) in [5, 5.41) is 0. The second-order valence-corrected chi connectivity index (χ2v) is 3.49. The molecular formula is C11H16O2. The zero-order valence-corrected chi connectivity index (χ0v) is 8.46. The minimum absolute atomic E-state index is 0.0133. The monoisotopic (exact) mass is 180 g/mol. The van der Waals surface area contributed by atoms with Crippen molar-refractivity contribution in [3.63, 3.8) is 0 Å². The van der Waals surface area contributed by atoms with E-state index in [1.54, 1.807) is 0 Å². The van der Waals surface area contributed by atoms with Gasteiger partial charge in [-0.3, -0.25) is 0 Å². The Bertz CT molecular complexity index is 257. The van der Waals surface area contributed by atoms with Gasteiger partial charge < -0.3 is 4.74 Å². The summed E-state index contributed by atoms with van der Waals surface area (Å²) in [6, 6.07) is 0. The second kappa shape index (κ2) is 4.26. The lowest BCUT2D eigenvalue weighted by molar-refractivity contribution is -0.145. The zero-order chi connectivity index (χ0) is 9.84. The second-order valence-electron chi connectivity index (χ2n) is 3.49. The number of carbonyl (C=O) groups excluding carboxylic acids is 1. The fourth-order valence-electron chi connectivity index (χ4n) is 1.46. The minimum Gasteiger partial charge on any atom is -0.455 e. The minimum atomic E-state index is -0.144. The predicted molar refractivity (Wildman–Crippen MR) is 52.3 cm³/mol. The molecule has 0 aromatic carbocycles. The number of ether oxygens (including phenoxy) is 1. The highest BCUT2D eigenvalue weighted by atomic mass is 16.5. The molecule has 0 aromatic heterocycles. The first-order valence-corrected chi connectivity index (χ1v) is 4.65. The van der Waals surface area contributed by atoms with Gasteiger partial charge in [-0.05, 0) is 39.7 Å². The van der Waals surface area contributed by atoms with Crippen LogP contribution in [0, 0.1) is 0 Å². The molecule has 0 bridgehead atoms. The van der Waals surface area contributed by atoms with E-state index < -0.39 is 0 Å². The molecule has 1 atom stereocenters. The third-order valence-corrected chi connectivity index (χ3v) is 2.19. The molecule has 0 N–H and O–H groups in total. The molecule has 1 saturated heterocycles.